The van der Waals surface area contributed by atoms with Crippen molar-refractivity contribution in [2.45, 2.75) is 45.3 Å². The fourth-order valence-electron chi connectivity index (χ4n) is 1.96. The lowest BCUT2D eigenvalue weighted by Gasteiger charge is -2.39. The van der Waals surface area contributed by atoms with Crippen molar-refractivity contribution in [1.29, 1.82) is 5.26 Å². The molecule has 0 aromatic carbocycles. The summed E-state index contributed by atoms with van der Waals surface area (Å²) in [5.74, 6) is 0. The zero-order chi connectivity index (χ0) is 10.6. The van der Waals surface area contributed by atoms with Gasteiger partial charge in [0, 0.05) is 19.7 Å². The molecule has 1 saturated heterocycles. The largest absolute Gasteiger partial charge is 0.375 e. The molecule has 1 atom stereocenters. The molecule has 0 amide bonds. The minimum atomic E-state index is 0.0421. The van der Waals surface area contributed by atoms with Crippen molar-refractivity contribution in [1.82, 2.24) is 4.90 Å². The highest BCUT2D eigenvalue weighted by atomic mass is 16.5. The molecule has 80 valence electrons. The SMILES string of the molecule is CCOC1(C)CCN(C(C)C#N)CC1. The van der Waals surface area contributed by atoms with Crippen LogP contribution < -0.4 is 0 Å². The van der Waals surface area contributed by atoms with E-state index in [1.807, 2.05) is 13.8 Å². The molecule has 0 aliphatic carbocycles. The third kappa shape index (κ3) is 2.70. The van der Waals surface area contributed by atoms with E-state index in [0.29, 0.717) is 0 Å². The quantitative estimate of drug-likeness (QED) is 0.690. The summed E-state index contributed by atoms with van der Waals surface area (Å²) < 4.78 is 5.72. The molecule has 1 fully saturated rings. The van der Waals surface area contributed by atoms with Gasteiger partial charge >= 0.3 is 0 Å². The molecule has 0 N–H and O–H groups in total. The van der Waals surface area contributed by atoms with Crippen LogP contribution in [0.15, 0.2) is 0 Å². The Hall–Kier alpha value is -0.590. The van der Waals surface area contributed by atoms with Crippen LogP contribution in [0.4, 0.5) is 0 Å². The van der Waals surface area contributed by atoms with E-state index in [2.05, 4.69) is 17.9 Å². The Morgan fingerprint density at radius 1 is 1.50 bits per heavy atom. The van der Waals surface area contributed by atoms with Crippen molar-refractivity contribution in [2.75, 3.05) is 19.7 Å². The molecule has 0 radical (unpaired) electrons. The van der Waals surface area contributed by atoms with E-state index < -0.39 is 0 Å². The van der Waals surface area contributed by atoms with Crippen LogP contribution in [0.1, 0.15) is 33.6 Å². The van der Waals surface area contributed by atoms with E-state index in [1.165, 1.54) is 0 Å². The average molecular weight is 196 g/mol. The number of piperidine rings is 1. The third-order valence-electron chi connectivity index (χ3n) is 3.08. The van der Waals surface area contributed by atoms with E-state index in [9.17, 15) is 0 Å². The first kappa shape index (κ1) is 11.5. The predicted molar refractivity (Wildman–Crippen MR) is 55.9 cm³/mol. The first-order valence-corrected chi connectivity index (χ1v) is 5.39. The fourth-order valence-corrected chi connectivity index (χ4v) is 1.96. The summed E-state index contributed by atoms with van der Waals surface area (Å²) in [5, 5.41) is 8.80. The summed E-state index contributed by atoms with van der Waals surface area (Å²) in [7, 11) is 0. The predicted octanol–water partition coefficient (Wildman–Crippen LogP) is 1.79. The van der Waals surface area contributed by atoms with E-state index in [0.717, 1.165) is 32.5 Å². The van der Waals surface area contributed by atoms with Gasteiger partial charge in [0.1, 0.15) is 0 Å². The zero-order valence-electron chi connectivity index (χ0n) is 9.42. The van der Waals surface area contributed by atoms with Gasteiger partial charge in [-0.2, -0.15) is 5.26 Å². The molecule has 3 heteroatoms. The second-order valence-corrected chi connectivity index (χ2v) is 4.22. The van der Waals surface area contributed by atoms with Gasteiger partial charge in [-0.3, -0.25) is 4.90 Å². The van der Waals surface area contributed by atoms with Crippen LogP contribution in [-0.2, 0) is 4.74 Å². The van der Waals surface area contributed by atoms with Crippen molar-refractivity contribution in [2.24, 2.45) is 0 Å². The van der Waals surface area contributed by atoms with E-state index in [-0.39, 0.29) is 11.6 Å². The van der Waals surface area contributed by atoms with Crippen LogP contribution in [0, 0.1) is 11.3 Å². The lowest BCUT2D eigenvalue weighted by atomic mass is 9.92. The van der Waals surface area contributed by atoms with Crippen LogP contribution >= 0.6 is 0 Å². The van der Waals surface area contributed by atoms with Crippen LogP contribution in [0.5, 0.6) is 0 Å². The number of nitriles is 1. The molecule has 1 heterocycles. The maximum atomic E-state index is 8.80. The number of hydrogen-bond donors (Lipinski definition) is 0. The zero-order valence-corrected chi connectivity index (χ0v) is 9.42. The molecule has 1 aliphatic rings. The van der Waals surface area contributed by atoms with E-state index >= 15 is 0 Å². The smallest absolute Gasteiger partial charge is 0.0949 e. The minimum absolute atomic E-state index is 0.0421. The van der Waals surface area contributed by atoms with Gasteiger partial charge in [-0.1, -0.05) is 0 Å². The van der Waals surface area contributed by atoms with Gasteiger partial charge < -0.3 is 4.74 Å². The van der Waals surface area contributed by atoms with Crippen molar-refractivity contribution in [3.05, 3.63) is 0 Å². The lowest BCUT2D eigenvalue weighted by Crippen LogP contribution is -2.47. The lowest BCUT2D eigenvalue weighted by molar-refractivity contribution is -0.0679. The molecule has 3 nitrogen and oxygen atoms in total. The normalized spacial score (nSPS) is 24.1. The summed E-state index contributed by atoms with van der Waals surface area (Å²) in [6.45, 7) is 8.91. The standard InChI is InChI=1S/C11H20N2O/c1-4-14-11(3)5-7-13(8-6-11)10(2)9-12/h10H,4-8H2,1-3H3. The first-order valence-electron chi connectivity index (χ1n) is 5.39. The van der Waals surface area contributed by atoms with Gasteiger partial charge in [-0.05, 0) is 33.6 Å². The highest BCUT2D eigenvalue weighted by Crippen LogP contribution is 2.26. The highest BCUT2D eigenvalue weighted by molar-refractivity contribution is 4.93. The Kier molecular flexibility index (Phi) is 3.91. The van der Waals surface area contributed by atoms with E-state index in [1.54, 1.807) is 0 Å². The second-order valence-electron chi connectivity index (χ2n) is 4.22. The summed E-state index contributed by atoms with van der Waals surface area (Å²) in [6, 6.07) is 2.32. The Balaban J connectivity index is 2.42. The Labute approximate surface area is 86.6 Å². The molecule has 1 rings (SSSR count). The van der Waals surface area contributed by atoms with Crippen LogP contribution in [-0.4, -0.2) is 36.2 Å². The topological polar surface area (TPSA) is 36.3 Å². The van der Waals surface area contributed by atoms with Crippen molar-refractivity contribution in [3.63, 3.8) is 0 Å². The van der Waals surface area contributed by atoms with Crippen molar-refractivity contribution in [3.8, 4) is 6.07 Å². The van der Waals surface area contributed by atoms with Crippen molar-refractivity contribution >= 4 is 0 Å². The number of rotatable bonds is 3. The molecular formula is C11H20N2O. The van der Waals surface area contributed by atoms with Gasteiger partial charge in [-0.25, -0.2) is 0 Å². The van der Waals surface area contributed by atoms with E-state index in [4.69, 9.17) is 10.00 Å². The molecule has 0 saturated carbocycles. The highest BCUT2D eigenvalue weighted by Gasteiger charge is 2.31. The summed E-state index contributed by atoms with van der Waals surface area (Å²) in [4.78, 5) is 2.22. The number of hydrogen-bond acceptors (Lipinski definition) is 3. The molecule has 1 unspecified atom stereocenters. The van der Waals surface area contributed by atoms with Crippen molar-refractivity contribution < 1.29 is 4.74 Å². The molecule has 1 aliphatic heterocycles. The summed E-state index contributed by atoms with van der Waals surface area (Å²) >= 11 is 0. The molecule has 0 bridgehead atoms. The van der Waals surface area contributed by atoms with Crippen LogP contribution in [0.3, 0.4) is 0 Å². The number of nitrogens with zero attached hydrogens (tertiary/aromatic N) is 2. The van der Waals surface area contributed by atoms with Crippen LogP contribution in [0.25, 0.3) is 0 Å². The molecule has 0 spiro atoms. The Morgan fingerprint density at radius 2 is 2.07 bits per heavy atom. The molecular weight excluding hydrogens is 176 g/mol. The second kappa shape index (κ2) is 4.77. The Bertz CT molecular complexity index is 214. The van der Waals surface area contributed by atoms with Gasteiger partial charge in [0.25, 0.3) is 0 Å². The van der Waals surface area contributed by atoms with Gasteiger partial charge in [0.15, 0.2) is 0 Å². The number of ether oxygens (including phenoxy) is 1. The molecule has 0 aromatic heterocycles. The third-order valence-corrected chi connectivity index (χ3v) is 3.08. The summed E-state index contributed by atoms with van der Waals surface area (Å²) in [6.07, 6.45) is 2.07. The van der Waals surface area contributed by atoms with Gasteiger partial charge in [0.05, 0.1) is 17.7 Å². The van der Waals surface area contributed by atoms with Gasteiger partial charge in [-0.15, -0.1) is 0 Å². The first-order chi connectivity index (χ1) is 6.61. The van der Waals surface area contributed by atoms with Gasteiger partial charge in [0.2, 0.25) is 0 Å². The summed E-state index contributed by atoms with van der Waals surface area (Å²) in [5.41, 5.74) is 0.0421. The van der Waals surface area contributed by atoms with Crippen LogP contribution in [0.2, 0.25) is 0 Å². The molecule has 14 heavy (non-hydrogen) atoms. The average Bonchev–Trinajstić information content (AvgIpc) is 2.18. The monoisotopic (exact) mass is 196 g/mol. The maximum absolute atomic E-state index is 8.80. The fraction of sp³-hybridized carbons (Fsp3) is 0.909. The molecule has 0 aromatic rings. The minimum Gasteiger partial charge on any atom is -0.375 e. The Morgan fingerprint density at radius 3 is 2.50 bits per heavy atom. The number of likely N-dealkylation sites (tertiary alicyclic amines) is 1. The maximum Gasteiger partial charge on any atom is 0.0949 e.